The van der Waals surface area contributed by atoms with Gasteiger partial charge in [-0.2, -0.15) is 5.10 Å². The number of carbonyl (C=O) groups is 2. The molecule has 2 aromatic heterocycles. The van der Waals surface area contributed by atoms with Crippen LogP contribution in [0.3, 0.4) is 0 Å². The molecule has 7 heteroatoms. The third kappa shape index (κ3) is 2.49. The molecule has 3 heterocycles. The molecule has 1 N–H and O–H groups in total. The predicted octanol–water partition coefficient (Wildman–Crippen LogP) is 0.148. The number of piperazine rings is 1. The minimum absolute atomic E-state index is 0.0903. The van der Waals surface area contributed by atoms with Gasteiger partial charge in [0.2, 0.25) is 5.91 Å². The molecule has 0 bridgehead atoms. The van der Waals surface area contributed by atoms with E-state index >= 15 is 0 Å². The lowest BCUT2D eigenvalue weighted by Gasteiger charge is -2.26. The van der Waals surface area contributed by atoms with Crippen LogP contribution in [0.5, 0.6) is 0 Å². The maximum atomic E-state index is 12.5. The summed E-state index contributed by atoms with van der Waals surface area (Å²) in [6.45, 7) is 2.91. The van der Waals surface area contributed by atoms with Crippen molar-refractivity contribution >= 4 is 11.8 Å². The second-order valence-corrected chi connectivity index (χ2v) is 4.82. The van der Waals surface area contributed by atoms with Crippen LogP contribution in [0.2, 0.25) is 0 Å². The van der Waals surface area contributed by atoms with E-state index < -0.39 is 0 Å². The van der Waals surface area contributed by atoms with Crippen LogP contribution in [0.25, 0.3) is 5.82 Å². The summed E-state index contributed by atoms with van der Waals surface area (Å²) >= 11 is 0. The van der Waals surface area contributed by atoms with E-state index in [4.69, 9.17) is 0 Å². The lowest BCUT2D eigenvalue weighted by molar-refractivity contribution is -0.123. The van der Waals surface area contributed by atoms with E-state index in [1.165, 1.54) is 11.1 Å². The Kier molecular flexibility index (Phi) is 3.39. The van der Waals surface area contributed by atoms with Gasteiger partial charge in [-0.3, -0.25) is 9.59 Å². The van der Waals surface area contributed by atoms with Crippen molar-refractivity contribution < 1.29 is 9.59 Å². The van der Waals surface area contributed by atoms with Crippen molar-refractivity contribution in [2.24, 2.45) is 0 Å². The van der Waals surface area contributed by atoms with Crippen molar-refractivity contribution in [2.75, 3.05) is 19.6 Å². The van der Waals surface area contributed by atoms with E-state index in [1.807, 2.05) is 25.1 Å². The van der Waals surface area contributed by atoms with Crippen LogP contribution < -0.4 is 5.32 Å². The first-order chi connectivity index (χ1) is 10.2. The minimum Gasteiger partial charge on any atom is -0.353 e. The van der Waals surface area contributed by atoms with Crippen LogP contribution in [-0.2, 0) is 4.79 Å². The highest BCUT2D eigenvalue weighted by Crippen LogP contribution is 2.14. The molecule has 0 radical (unpaired) electrons. The van der Waals surface area contributed by atoms with E-state index in [-0.39, 0.29) is 18.4 Å². The molecule has 1 fully saturated rings. The number of hydrogen-bond donors (Lipinski definition) is 1. The standard InChI is InChI=1S/C14H15N5O2/c1-10-11(14(21)18-7-6-16-13(20)9-18)8-17-19(10)12-4-2-3-5-15-12/h2-5,8H,6-7,9H2,1H3,(H,16,20). The van der Waals surface area contributed by atoms with Crippen molar-refractivity contribution in [3.05, 3.63) is 41.9 Å². The number of amides is 2. The zero-order chi connectivity index (χ0) is 14.8. The Hall–Kier alpha value is -2.70. The average Bonchev–Trinajstić information content (AvgIpc) is 2.89. The predicted molar refractivity (Wildman–Crippen MR) is 75.0 cm³/mol. The Bertz CT molecular complexity index is 680. The fourth-order valence-electron chi connectivity index (χ4n) is 2.31. The van der Waals surface area contributed by atoms with Crippen molar-refractivity contribution in [3.63, 3.8) is 0 Å². The van der Waals surface area contributed by atoms with Crippen molar-refractivity contribution in [1.82, 2.24) is 25.0 Å². The lowest BCUT2D eigenvalue weighted by atomic mass is 10.2. The molecular weight excluding hydrogens is 270 g/mol. The summed E-state index contributed by atoms with van der Waals surface area (Å²) in [6, 6.07) is 5.50. The summed E-state index contributed by atoms with van der Waals surface area (Å²) < 4.78 is 1.62. The Morgan fingerprint density at radius 3 is 2.95 bits per heavy atom. The van der Waals surface area contributed by atoms with Crippen LogP contribution in [0.4, 0.5) is 0 Å². The monoisotopic (exact) mass is 285 g/mol. The van der Waals surface area contributed by atoms with Gasteiger partial charge in [0, 0.05) is 19.3 Å². The third-order valence-corrected chi connectivity index (χ3v) is 3.43. The third-order valence-electron chi connectivity index (χ3n) is 3.43. The summed E-state index contributed by atoms with van der Waals surface area (Å²) in [6.07, 6.45) is 3.20. The number of rotatable bonds is 2. The smallest absolute Gasteiger partial charge is 0.257 e. The van der Waals surface area contributed by atoms with Crippen LogP contribution in [0.1, 0.15) is 16.1 Å². The van der Waals surface area contributed by atoms with Gasteiger partial charge in [0.1, 0.15) is 0 Å². The first kappa shape index (κ1) is 13.3. The summed E-state index contributed by atoms with van der Waals surface area (Å²) in [5.41, 5.74) is 1.21. The maximum Gasteiger partial charge on any atom is 0.257 e. The normalized spacial score (nSPS) is 14.9. The first-order valence-corrected chi connectivity index (χ1v) is 6.69. The fraction of sp³-hybridized carbons (Fsp3) is 0.286. The van der Waals surface area contributed by atoms with Crippen molar-refractivity contribution in [1.29, 1.82) is 0 Å². The number of nitrogens with zero attached hydrogens (tertiary/aromatic N) is 4. The molecule has 7 nitrogen and oxygen atoms in total. The molecule has 21 heavy (non-hydrogen) atoms. The molecule has 3 rings (SSSR count). The number of carbonyl (C=O) groups excluding carboxylic acids is 2. The summed E-state index contributed by atoms with van der Waals surface area (Å²) in [5.74, 6) is 0.347. The quantitative estimate of drug-likeness (QED) is 0.851. The Morgan fingerprint density at radius 1 is 1.38 bits per heavy atom. The molecule has 1 aliphatic rings. The number of aromatic nitrogens is 3. The van der Waals surface area contributed by atoms with Crippen LogP contribution >= 0.6 is 0 Å². The van der Waals surface area contributed by atoms with Gasteiger partial charge in [0.05, 0.1) is 24.0 Å². The van der Waals surface area contributed by atoms with Crippen molar-refractivity contribution in [3.8, 4) is 5.82 Å². The maximum absolute atomic E-state index is 12.5. The van der Waals surface area contributed by atoms with Crippen LogP contribution in [0.15, 0.2) is 30.6 Å². The largest absolute Gasteiger partial charge is 0.353 e. The molecule has 1 aliphatic heterocycles. The highest BCUT2D eigenvalue weighted by Gasteiger charge is 2.25. The van der Waals surface area contributed by atoms with Gasteiger partial charge in [0.25, 0.3) is 5.91 Å². The molecule has 1 saturated heterocycles. The first-order valence-electron chi connectivity index (χ1n) is 6.69. The Labute approximate surface area is 121 Å². The number of hydrogen-bond acceptors (Lipinski definition) is 4. The molecule has 0 spiro atoms. The fourth-order valence-corrected chi connectivity index (χ4v) is 2.31. The van der Waals surface area contributed by atoms with Crippen LogP contribution in [0, 0.1) is 6.92 Å². The van der Waals surface area contributed by atoms with E-state index in [0.717, 1.165) is 0 Å². The number of pyridine rings is 1. The van der Waals surface area contributed by atoms with Gasteiger partial charge in [-0.1, -0.05) is 6.07 Å². The van der Waals surface area contributed by atoms with E-state index in [2.05, 4.69) is 15.4 Å². The lowest BCUT2D eigenvalue weighted by Crippen LogP contribution is -2.50. The van der Waals surface area contributed by atoms with E-state index in [9.17, 15) is 9.59 Å². The molecular formula is C14H15N5O2. The van der Waals surface area contributed by atoms with E-state index in [0.29, 0.717) is 30.2 Å². The number of nitrogens with one attached hydrogen (secondary N) is 1. The van der Waals surface area contributed by atoms with Gasteiger partial charge in [0.15, 0.2) is 5.82 Å². The van der Waals surface area contributed by atoms with Gasteiger partial charge in [-0.25, -0.2) is 9.67 Å². The molecule has 0 atom stereocenters. The summed E-state index contributed by atoms with van der Waals surface area (Å²) in [5, 5.41) is 6.93. The zero-order valence-electron chi connectivity index (χ0n) is 11.6. The van der Waals surface area contributed by atoms with Crippen LogP contribution in [-0.4, -0.2) is 51.1 Å². The average molecular weight is 285 g/mol. The zero-order valence-corrected chi connectivity index (χ0v) is 11.6. The summed E-state index contributed by atoms with van der Waals surface area (Å²) in [7, 11) is 0. The topological polar surface area (TPSA) is 80.1 Å². The Balaban J connectivity index is 1.88. The van der Waals surface area contributed by atoms with E-state index in [1.54, 1.807) is 10.9 Å². The molecule has 2 amide bonds. The molecule has 0 aliphatic carbocycles. The highest BCUT2D eigenvalue weighted by molar-refractivity contribution is 5.97. The second-order valence-electron chi connectivity index (χ2n) is 4.82. The minimum atomic E-state index is -0.176. The highest BCUT2D eigenvalue weighted by atomic mass is 16.2. The molecule has 0 unspecified atom stereocenters. The van der Waals surface area contributed by atoms with Gasteiger partial charge < -0.3 is 10.2 Å². The van der Waals surface area contributed by atoms with Crippen molar-refractivity contribution in [2.45, 2.75) is 6.92 Å². The molecule has 108 valence electrons. The molecule has 2 aromatic rings. The van der Waals surface area contributed by atoms with Gasteiger partial charge in [-0.15, -0.1) is 0 Å². The second kappa shape index (κ2) is 5.35. The molecule has 0 saturated carbocycles. The Morgan fingerprint density at radius 2 is 2.24 bits per heavy atom. The SMILES string of the molecule is Cc1c(C(=O)N2CCNC(=O)C2)cnn1-c1ccccn1. The molecule has 0 aromatic carbocycles. The summed E-state index contributed by atoms with van der Waals surface area (Å²) in [4.78, 5) is 29.6. The van der Waals surface area contributed by atoms with Gasteiger partial charge in [-0.05, 0) is 19.1 Å². The van der Waals surface area contributed by atoms with Gasteiger partial charge >= 0.3 is 0 Å².